The molecule has 1 aromatic rings. The topological polar surface area (TPSA) is 69.0 Å². The molecular weight excluding hydrogens is 273 g/mol. The van der Waals surface area contributed by atoms with Gasteiger partial charge in [-0.1, -0.05) is 0 Å². The van der Waals surface area contributed by atoms with E-state index in [9.17, 15) is 18.0 Å². The van der Waals surface area contributed by atoms with Crippen molar-refractivity contribution in [3.05, 3.63) is 23.4 Å². The van der Waals surface area contributed by atoms with Gasteiger partial charge in [0, 0.05) is 13.6 Å². The summed E-state index contributed by atoms with van der Waals surface area (Å²) in [7, 11) is 1.42. The Bertz CT molecular complexity index is 536. The van der Waals surface area contributed by atoms with Crippen LogP contribution in [0.2, 0.25) is 0 Å². The Kier molecular flexibility index (Phi) is 4.91. The number of nitrogens with one attached hydrogen (secondary N) is 1. The Morgan fingerprint density at radius 3 is 2.60 bits per heavy atom. The highest BCUT2D eigenvalue weighted by atomic mass is 19.4. The Hall–Kier alpha value is -2.30. The van der Waals surface area contributed by atoms with Gasteiger partial charge in [-0.05, 0) is 19.1 Å². The summed E-state index contributed by atoms with van der Waals surface area (Å²) in [5, 5.41) is 11.3. The lowest BCUT2D eigenvalue weighted by molar-refractivity contribution is -0.141. The van der Waals surface area contributed by atoms with Gasteiger partial charge >= 0.3 is 6.18 Å². The number of amides is 1. The molecule has 1 amide bonds. The lowest BCUT2D eigenvalue weighted by Crippen LogP contribution is -2.36. The summed E-state index contributed by atoms with van der Waals surface area (Å²) < 4.78 is 38.0. The molecule has 8 heteroatoms. The van der Waals surface area contributed by atoms with Crippen LogP contribution in [0.3, 0.4) is 0 Å². The van der Waals surface area contributed by atoms with E-state index in [-0.39, 0.29) is 30.4 Å². The van der Waals surface area contributed by atoms with E-state index in [0.29, 0.717) is 0 Å². The molecule has 0 saturated carbocycles. The quantitative estimate of drug-likeness (QED) is 0.911. The van der Waals surface area contributed by atoms with Gasteiger partial charge in [0.05, 0.1) is 12.1 Å². The molecule has 1 aromatic heterocycles. The summed E-state index contributed by atoms with van der Waals surface area (Å²) in [6, 6.07) is 3.58. The first-order valence-electron chi connectivity index (χ1n) is 5.77. The summed E-state index contributed by atoms with van der Waals surface area (Å²) in [6.45, 7) is 1.73. The van der Waals surface area contributed by atoms with Gasteiger partial charge in [0.25, 0.3) is 0 Å². The molecular formula is C12H13F3N4O. The number of aromatic nitrogens is 1. The fourth-order valence-electron chi connectivity index (χ4n) is 1.52. The molecule has 0 aliphatic rings. The smallest absolute Gasteiger partial charge is 0.358 e. The van der Waals surface area contributed by atoms with Crippen molar-refractivity contribution < 1.29 is 18.0 Å². The molecule has 0 aliphatic heterocycles. The number of pyridine rings is 1. The first-order chi connectivity index (χ1) is 9.33. The lowest BCUT2D eigenvalue weighted by atomic mass is 10.2. The number of carbonyl (C=O) groups excluding carboxylic acids is 1. The van der Waals surface area contributed by atoms with Gasteiger partial charge in [0.2, 0.25) is 5.91 Å². The second-order valence-corrected chi connectivity index (χ2v) is 3.86. The standard InChI is InChI=1S/C12H13F3N4O/c1-3-19(7-10(20)17-2)11-8(6-16)4-5-9(18-11)12(13,14)15/h4-5H,3,7H2,1-2H3,(H,17,20). The molecule has 0 unspecified atom stereocenters. The molecule has 0 radical (unpaired) electrons. The molecule has 0 aliphatic carbocycles. The van der Waals surface area contributed by atoms with E-state index >= 15 is 0 Å². The van der Waals surface area contributed by atoms with Crippen molar-refractivity contribution >= 4 is 11.7 Å². The van der Waals surface area contributed by atoms with Gasteiger partial charge in [-0.2, -0.15) is 18.4 Å². The number of halogens is 3. The summed E-state index contributed by atoms with van der Waals surface area (Å²) in [5.41, 5.74) is -1.11. The van der Waals surface area contributed by atoms with Crippen molar-refractivity contribution in [2.24, 2.45) is 0 Å². The van der Waals surface area contributed by atoms with Gasteiger partial charge in [-0.3, -0.25) is 4.79 Å². The predicted molar refractivity (Wildman–Crippen MR) is 65.9 cm³/mol. The molecule has 0 bridgehead atoms. The second-order valence-electron chi connectivity index (χ2n) is 3.86. The van der Waals surface area contributed by atoms with E-state index in [1.807, 2.05) is 0 Å². The van der Waals surface area contributed by atoms with Crippen LogP contribution < -0.4 is 10.2 Å². The third-order valence-electron chi connectivity index (χ3n) is 2.58. The largest absolute Gasteiger partial charge is 0.433 e. The average molecular weight is 286 g/mol. The van der Waals surface area contributed by atoms with Gasteiger partial charge in [-0.15, -0.1) is 0 Å². The second kappa shape index (κ2) is 6.23. The third-order valence-corrected chi connectivity index (χ3v) is 2.58. The molecule has 1 N–H and O–H groups in total. The van der Waals surface area contributed by atoms with Gasteiger partial charge < -0.3 is 10.2 Å². The van der Waals surface area contributed by atoms with Crippen molar-refractivity contribution in [1.82, 2.24) is 10.3 Å². The van der Waals surface area contributed by atoms with Crippen LogP contribution in [0.1, 0.15) is 18.2 Å². The molecule has 1 heterocycles. The minimum absolute atomic E-state index is 0.0104. The van der Waals surface area contributed by atoms with Crippen LogP contribution in [0.5, 0.6) is 0 Å². The van der Waals surface area contributed by atoms with E-state index in [1.54, 1.807) is 13.0 Å². The molecule has 108 valence electrons. The van der Waals surface area contributed by atoms with Gasteiger partial charge in [-0.25, -0.2) is 4.98 Å². The molecule has 0 fully saturated rings. The van der Waals surface area contributed by atoms with Crippen molar-refractivity contribution in [1.29, 1.82) is 5.26 Å². The Balaban J connectivity index is 3.25. The predicted octanol–water partition coefficient (Wildman–Crippen LogP) is 1.54. The summed E-state index contributed by atoms with van der Waals surface area (Å²) in [6.07, 6.45) is -4.60. The van der Waals surface area contributed by atoms with Crippen molar-refractivity contribution in [3.8, 4) is 6.07 Å². The first kappa shape index (κ1) is 15.8. The van der Waals surface area contributed by atoms with Crippen molar-refractivity contribution in [3.63, 3.8) is 0 Å². The summed E-state index contributed by atoms with van der Waals surface area (Å²) in [5.74, 6) is -0.525. The average Bonchev–Trinajstić information content (AvgIpc) is 2.42. The molecule has 1 rings (SSSR count). The number of anilines is 1. The van der Waals surface area contributed by atoms with E-state index in [2.05, 4.69) is 10.3 Å². The minimum atomic E-state index is -4.60. The zero-order valence-corrected chi connectivity index (χ0v) is 11.0. The normalized spacial score (nSPS) is 10.8. The fraction of sp³-hybridized carbons (Fsp3) is 0.417. The molecule has 0 atom stereocenters. The summed E-state index contributed by atoms with van der Waals surface area (Å²) >= 11 is 0. The van der Waals surface area contributed by atoms with Crippen LogP contribution in [0, 0.1) is 11.3 Å². The highest BCUT2D eigenvalue weighted by molar-refractivity contribution is 5.81. The Morgan fingerprint density at radius 2 is 2.15 bits per heavy atom. The molecule has 5 nitrogen and oxygen atoms in total. The zero-order chi connectivity index (χ0) is 15.3. The highest BCUT2D eigenvalue weighted by Gasteiger charge is 2.33. The number of likely N-dealkylation sites (N-methyl/N-ethyl adjacent to an activating group) is 2. The maximum atomic E-state index is 12.7. The molecule has 0 aromatic carbocycles. The fourth-order valence-corrected chi connectivity index (χ4v) is 1.52. The number of hydrogen-bond acceptors (Lipinski definition) is 4. The monoisotopic (exact) mass is 286 g/mol. The number of rotatable bonds is 4. The van der Waals surface area contributed by atoms with Crippen molar-refractivity contribution in [2.75, 3.05) is 25.0 Å². The number of nitriles is 1. The van der Waals surface area contributed by atoms with Crippen LogP contribution in [0.25, 0.3) is 0 Å². The van der Waals surface area contributed by atoms with Crippen LogP contribution >= 0.6 is 0 Å². The maximum Gasteiger partial charge on any atom is 0.433 e. The minimum Gasteiger partial charge on any atom is -0.358 e. The number of hydrogen-bond donors (Lipinski definition) is 1. The number of alkyl halides is 3. The van der Waals surface area contributed by atoms with E-state index < -0.39 is 11.9 Å². The zero-order valence-electron chi connectivity index (χ0n) is 11.0. The van der Waals surface area contributed by atoms with E-state index in [4.69, 9.17) is 5.26 Å². The Labute approximate surface area is 114 Å². The van der Waals surface area contributed by atoms with Crippen LogP contribution in [0.4, 0.5) is 19.0 Å². The SMILES string of the molecule is CCN(CC(=O)NC)c1nc(C(F)(F)F)ccc1C#N. The third kappa shape index (κ3) is 3.60. The van der Waals surface area contributed by atoms with Gasteiger partial charge in [0.15, 0.2) is 0 Å². The van der Waals surface area contributed by atoms with Crippen LogP contribution in [0.15, 0.2) is 12.1 Å². The van der Waals surface area contributed by atoms with E-state index in [0.717, 1.165) is 12.1 Å². The highest BCUT2D eigenvalue weighted by Crippen LogP contribution is 2.30. The van der Waals surface area contributed by atoms with Gasteiger partial charge in [0.1, 0.15) is 17.6 Å². The molecule has 0 saturated heterocycles. The summed E-state index contributed by atoms with van der Waals surface area (Å²) in [4.78, 5) is 16.1. The van der Waals surface area contributed by atoms with Crippen molar-refractivity contribution in [2.45, 2.75) is 13.1 Å². The van der Waals surface area contributed by atoms with Crippen LogP contribution in [-0.4, -0.2) is 31.0 Å². The Morgan fingerprint density at radius 1 is 1.50 bits per heavy atom. The van der Waals surface area contributed by atoms with Crippen LogP contribution in [-0.2, 0) is 11.0 Å². The first-order valence-corrected chi connectivity index (χ1v) is 5.77. The van der Waals surface area contributed by atoms with E-state index in [1.165, 1.54) is 11.9 Å². The number of carbonyl (C=O) groups is 1. The molecule has 20 heavy (non-hydrogen) atoms. The number of nitrogens with zero attached hydrogens (tertiary/aromatic N) is 3. The lowest BCUT2D eigenvalue weighted by Gasteiger charge is -2.22. The molecule has 0 spiro atoms. The maximum absolute atomic E-state index is 12.7.